The van der Waals surface area contributed by atoms with Gasteiger partial charge in [-0.25, -0.2) is 0 Å². The summed E-state index contributed by atoms with van der Waals surface area (Å²) in [6.45, 7) is 5.94. The SMILES string of the molecule is C=C1C(=O)C=C2CCC[C@@]3(NC4CC4)C(C)C(=O)O[C@@H]3[C@@H]12. The predicted octanol–water partition coefficient (Wildman–Crippen LogP) is 1.90. The fourth-order valence-corrected chi connectivity index (χ4v) is 4.32. The molecule has 3 fully saturated rings. The first kappa shape index (κ1) is 13.3. The van der Waals surface area contributed by atoms with Crippen LogP contribution < -0.4 is 5.32 Å². The summed E-state index contributed by atoms with van der Waals surface area (Å²) >= 11 is 0. The molecule has 0 aromatic carbocycles. The molecule has 0 amide bonds. The monoisotopic (exact) mass is 287 g/mol. The van der Waals surface area contributed by atoms with Crippen LogP contribution in [-0.4, -0.2) is 29.4 Å². The number of fused-ring (bicyclic) bond motifs is 3. The van der Waals surface area contributed by atoms with E-state index in [1.807, 2.05) is 6.92 Å². The first-order valence-corrected chi connectivity index (χ1v) is 7.95. The van der Waals surface area contributed by atoms with Crippen LogP contribution in [-0.2, 0) is 14.3 Å². The van der Waals surface area contributed by atoms with Gasteiger partial charge in [-0.05, 0) is 45.1 Å². The zero-order valence-corrected chi connectivity index (χ0v) is 12.4. The number of hydrogen-bond donors (Lipinski definition) is 1. The Hall–Kier alpha value is -1.42. The maximum atomic E-state index is 12.2. The minimum Gasteiger partial charge on any atom is -0.459 e. The number of ketones is 1. The van der Waals surface area contributed by atoms with Crippen LogP contribution >= 0.6 is 0 Å². The molecule has 0 aromatic rings. The maximum absolute atomic E-state index is 12.2. The van der Waals surface area contributed by atoms with Crippen LogP contribution in [0.3, 0.4) is 0 Å². The second-order valence-corrected chi connectivity index (χ2v) is 6.98. The van der Waals surface area contributed by atoms with E-state index in [1.54, 1.807) is 6.08 Å². The molecule has 21 heavy (non-hydrogen) atoms. The van der Waals surface area contributed by atoms with Crippen LogP contribution in [0, 0.1) is 11.8 Å². The van der Waals surface area contributed by atoms with Crippen molar-refractivity contribution >= 4 is 11.8 Å². The van der Waals surface area contributed by atoms with Crippen LogP contribution in [0.4, 0.5) is 0 Å². The quantitative estimate of drug-likeness (QED) is 0.622. The van der Waals surface area contributed by atoms with Gasteiger partial charge in [0.2, 0.25) is 0 Å². The van der Waals surface area contributed by atoms with E-state index in [1.165, 1.54) is 12.8 Å². The molecule has 0 radical (unpaired) electrons. The molecule has 112 valence electrons. The van der Waals surface area contributed by atoms with Gasteiger partial charge in [0.25, 0.3) is 0 Å². The average molecular weight is 287 g/mol. The predicted molar refractivity (Wildman–Crippen MR) is 77.5 cm³/mol. The molecule has 4 heteroatoms. The lowest BCUT2D eigenvalue weighted by Gasteiger charge is -2.38. The van der Waals surface area contributed by atoms with Gasteiger partial charge in [0.15, 0.2) is 5.78 Å². The Balaban J connectivity index is 1.78. The molecule has 4 rings (SSSR count). The lowest BCUT2D eigenvalue weighted by atomic mass is 9.74. The number of allylic oxidation sites excluding steroid dienone is 1. The van der Waals surface area contributed by atoms with Crippen molar-refractivity contribution in [1.82, 2.24) is 5.32 Å². The van der Waals surface area contributed by atoms with Crippen molar-refractivity contribution in [3.05, 3.63) is 23.8 Å². The zero-order valence-electron chi connectivity index (χ0n) is 12.4. The number of rotatable bonds is 2. The number of carbonyl (C=O) groups excluding carboxylic acids is 2. The fourth-order valence-electron chi connectivity index (χ4n) is 4.32. The van der Waals surface area contributed by atoms with Gasteiger partial charge >= 0.3 is 5.97 Å². The zero-order chi connectivity index (χ0) is 14.8. The van der Waals surface area contributed by atoms with Gasteiger partial charge in [-0.3, -0.25) is 9.59 Å². The summed E-state index contributed by atoms with van der Waals surface area (Å²) in [6, 6.07) is 0.500. The lowest BCUT2D eigenvalue weighted by molar-refractivity contribution is -0.145. The molecule has 0 bridgehead atoms. The van der Waals surface area contributed by atoms with Gasteiger partial charge in [-0.1, -0.05) is 12.2 Å². The van der Waals surface area contributed by atoms with Crippen LogP contribution in [0.1, 0.15) is 39.0 Å². The van der Waals surface area contributed by atoms with E-state index in [-0.39, 0.29) is 35.2 Å². The smallest absolute Gasteiger partial charge is 0.311 e. The third kappa shape index (κ3) is 1.78. The van der Waals surface area contributed by atoms with Crippen molar-refractivity contribution in [3.63, 3.8) is 0 Å². The van der Waals surface area contributed by atoms with E-state index >= 15 is 0 Å². The van der Waals surface area contributed by atoms with Crippen molar-refractivity contribution in [2.24, 2.45) is 11.8 Å². The molecule has 2 saturated carbocycles. The Bertz CT molecular complexity index is 575. The fraction of sp³-hybridized carbons (Fsp3) is 0.647. The van der Waals surface area contributed by atoms with Crippen LogP contribution in [0.25, 0.3) is 0 Å². The highest BCUT2D eigenvalue weighted by atomic mass is 16.6. The number of ether oxygens (including phenoxy) is 1. The van der Waals surface area contributed by atoms with Gasteiger partial charge in [0.1, 0.15) is 6.10 Å². The Kier molecular flexibility index (Phi) is 2.71. The first-order chi connectivity index (χ1) is 10.0. The molecule has 4 aliphatic rings. The standard InChI is InChI=1S/C17H21NO3/c1-9-13(19)8-11-4-3-7-17(18-12-5-6-12)10(2)16(20)21-15(17)14(9)11/h8,10,12,14-15,18H,1,3-7H2,2H3/t10?,14-,15+,17+/m0/s1. The summed E-state index contributed by atoms with van der Waals surface area (Å²) < 4.78 is 5.77. The van der Waals surface area contributed by atoms with Crippen LogP contribution in [0.15, 0.2) is 23.8 Å². The Morgan fingerprint density at radius 3 is 2.86 bits per heavy atom. The van der Waals surface area contributed by atoms with Crippen molar-refractivity contribution < 1.29 is 14.3 Å². The van der Waals surface area contributed by atoms with Crippen molar-refractivity contribution in [2.45, 2.75) is 56.7 Å². The maximum Gasteiger partial charge on any atom is 0.311 e. The molecule has 1 heterocycles. The third-order valence-electron chi connectivity index (χ3n) is 5.69. The van der Waals surface area contributed by atoms with Gasteiger partial charge in [-0.15, -0.1) is 0 Å². The van der Waals surface area contributed by atoms with E-state index in [9.17, 15) is 9.59 Å². The van der Waals surface area contributed by atoms with E-state index in [0.717, 1.165) is 24.8 Å². The summed E-state index contributed by atoms with van der Waals surface area (Å²) in [7, 11) is 0. The van der Waals surface area contributed by atoms with E-state index in [2.05, 4.69) is 11.9 Å². The molecule has 0 aromatic heterocycles. The highest BCUT2D eigenvalue weighted by Gasteiger charge is 2.61. The average Bonchev–Trinajstić information content (AvgIpc) is 3.19. The van der Waals surface area contributed by atoms with Crippen LogP contribution in [0.2, 0.25) is 0 Å². The van der Waals surface area contributed by atoms with E-state index < -0.39 is 0 Å². The highest BCUT2D eigenvalue weighted by Crippen LogP contribution is 2.50. The molecule has 0 spiro atoms. The third-order valence-corrected chi connectivity index (χ3v) is 5.69. The molecule has 1 N–H and O–H groups in total. The van der Waals surface area contributed by atoms with Crippen molar-refractivity contribution in [1.29, 1.82) is 0 Å². The highest BCUT2D eigenvalue weighted by molar-refractivity contribution is 6.08. The van der Waals surface area contributed by atoms with E-state index in [0.29, 0.717) is 11.6 Å². The van der Waals surface area contributed by atoms with Gasteiger partial charge in [-0.2, -0.15) is 0 Å². The molecular formula is C17H21NO3. The Morgan fingerprint density at radius 2 is 2.14 bits per heavy atom. The topological polar surface area (TPSA) is 55.4 Å². The lowest BCUT2D eigenvalue weighted by Crippen LogP contribution is -2.58. The Labute approximate surface area is 124 Å². The number of hydrogen-bond acceptors (Lipinski definition) is 4. The molecule has 1 saturated heterocycles. The molecule has 1 unspecified atom stereocenters. The van der Waals surface area contributed by atoms with Gasteiger partial charge in [0.05, 0.1) is 11.5 Å². The molecule has 3 aliphatic carbocycles. The van der Waals surface area contributed by atoms with Crippen LogP contribution in [0.5, 0.6) is 0 Å². The Morgan fingerprint density at radius 1 is 1.38 bits per heavy atom. The first-order valence-electron chi connectivity index (χ1n) is 7.95. The summed E-state index contributed by atoms with van der Waals surface area (Å²) in [4.78, 5) is 24.2. The van der Waals surface area contributed by atoms with Gasteiger partial charge < -0.3 is 10.1 Å². The van der Waals surface area contributed by atoms with Crippen molar-refractivity contribution in [2.75, 3.05) is 0 Å². The summed E-state index contributed by atoms with van der Waals surface area (Å²) in [5.74, 6) is -0.402. The molecular weight excluding hydrogens is 266 g/mol. The number of carbonyl (C=O) groups is 2. The molecule has 1 aliphatic heterocycles. The summed E-state index contributed by atoms with van der Waals surface area (Å²) in [6.07, 6.45) is 6.61. The normalized spacial score (nSPS) is 42.2. The molecule has 4 nitrogen and oxygen atoms in total. The van der Waals surface area contributed by atoms with Crippen molar-refractivity contribution in [3.8, 4) is 0 Å². The number of nitrogens with one attached hydrogen (secondary N) is 1. The van der Waals surface area contributed by atoms with Gasteiger partial charge in [0, 0.05) is 17.5 Å². The molecule has 4 atom stereocenters. The minimum absolute atomic E-state index is 0.00724. The second kappa shape index (κ2) is 4.29. The number of esters is 1. The second-order valence-electron chi connectivity index (χ2n) is 6.98. The summed E-state index contributed by atoms with van der Waals surface area (Å²) in [5, 5.41) is 3.71. The largest absolute Gasteiger partial charge is 0.459 e. The van der Waals surface area contributed by atoms with E-state index in [4.69, 9.17) is 4.74 Å². The minimum atomic E-state index is -0.327. The summed E-state index contributed by atoms with van der Waals surface area (Å²) in [5.41, 5.74) is 1.38.